The summed E-state index contributed by atoms with van der Waals surface area (Å²) in [6.07, 6.45) is 1.78. The van der Waals surface area contributed by atoms with Crippen LogP contribution in [-0.2, 0) is 13.1 Å². The molecule has 0 bridgehead atoms. The minimum absolute atomic E-state index is 0.270. The second-order valence-corrected chi connectivity index (χ2v) is 9.11. The van der Waals surface area contributed by atoms with Crippen molar-refractivity contribution < 1.29 is 9.13 Å². The molecule has 0 saturated carbocycles. The predicted octanol–water partition coefficient (Wildman–Crippen LogP) is 3.94. The van der Waals surface area contributed by atoms with Crippen LogP contribution in [0.2, 0.25) is 0 Å². The van der Waals surface area contributed by atoms with E-state index in [0.29, 0.717) is 12.4 Å². The molecule has 0 fully saturated rings. The number of anilines is 3. The monoisotopic (exact) mass is 428 g/mol. The number of likely N-dealkylation sites (N-methyl/N-ethyl adjacent to an activating group) is 1. The normalized spacial score (nSPS) is 16.4. The smallest absolute Gasteiger partial charge is 0.188 e. The van der Waals surface area contributed by atoms with Crippen molar-refractivity contribution in [3.63, 3.8) is 0 Å². The van der Waals surface area contributed by atoms with Gasteiger partial charge in [0.25, 0.3) is 0 Å². The zero-order valence-corrected chi connectivity index (χ0v) is 18.2. The van der Waals surface area contributed by atoms with E-state index in [1.54, 1.807) is 6.20 Å². The lowest BCUT2D eigenvalue weighted by atomic mass is 10.1. The molecule has 2 aliphatic heterocycles. The predicted molar refractivity (Wildman–Crippen MR) is 117 cm³/mol. The van der Waals surface area contributed by atoms with Gasteiger partial charge in [-0.05, 0) is 38.6 Å². The highest BCUT2D eigenvalue weighted by Crippen LogP contribution is 2.41. The van der Waals surface area contributed by atoms with Crippen molar-refractivity contribution in [3.8, 4) is 16.2 Å². The quantitative estimate of drug-likeness (QED) is 0.679. The molecule has 1 aromatic carbocycles. The lowest BCUT2D eigenvalue weighted by molar-refractivity contribution is 0.259. The fourth-order valence-corrected chi connectivity index (χ4v) is 4.82. The third kappa shape index (κ3) is 3.52. The van der Waals surface area contributed by atoms with Crippen LogP contribution in [-0.4, -0.2) is 52.5 Å². The van der Waals surface area contributed by atoms with Gasteiger partial charge < -0.3 is 15.0 Å². The summed E-state index contributed by atoms with van der Waals surface area (Å²) >= 11 is 1.49. The molecule has 2 aliphatic rings. The second-order valence-electron chi connectivity index (χ2n) is 8.08. The van der Waals surface area contributed by atoms with Gasteiger partial charge in [0, 0.05) is 31.4 Å². The standard InChI is InChI=1S/C21H25FN6OS/c1-13(2)27-6-7-29-20-16(22)8-14(9-17(20)27)18-11-23-21(30-18)24-19-10-15-12-26(3)4-5-28(15)25-19/h8-11,13H,4-7,12H2,1-3H3,(H,23,24,25). The summed E-state index contributed by atoms with van der Waals surface area (Å²) in [7, 11) is 2.11. The molecule has 0 atom stereocenters. The maximum atomic E-state index is 14.8. The average molecular weight is 429 g/mol. The number of hydrogen-bond donors (Lipinski definition) is 1. The van der Waals surface area contributed by atoms with Crippen LogP contribution in [0.3, 0.4) is 0 Å². The SMILES string of the molecule is CC(C)N1CCOc2c(F)cc(-c3cnc(Nc4cc5n(n4)CCN(C)C5)s3)cc21. The highest BCUT2D eigenvalue weighted by molar-refractivity contribution is 7.18. The molecule has 1 N–H and O–H groups in total. The summed E-state index contributed by atoms with van der Waals surface area (Å²) in [5.41, 5.74) is 2.80. The molecule has 30 heavy (non-hydrogen) atoms. The summed E-state index contributed by atoms with van der Waals surface area (Å²) in [6, 6.07) is 5.87. The molecule has 9 heteroatoms. The van der Waals surface area contributed by atoms with Gasteiger partial charge in [0.1, 0.15) is 6.61 Å². The maximum absolute atomic E-state index is 14.8. The number of thiazole rings is 1. The molecular weight excluding hydrogens is 403 g/mol. The lowest BCUT2D eigenvalue weighted by Gasteiger charge is -2.34. The van der Waals surface area contributed by atoms with Crippen molar-refractivity contribution in [2.45, 2.75) is 33.0 Å². The summed E-state index contributed by atoms with van der Waals surface area (Å²) < 4.78 is 22.4. The maximum Gasteiger partial charge on any atom is 0.188 e. The van der Waals surface area contributed by atoms with Crippen LogP contribution in [0, 0.1) is 5.82 Å². The van der Waals surface area contributed by atoms with Gasteiger partial charge in [-0.2, -0.15) is 5.10 Å². The van der Waals surface area contributed by atoms with Crippen LogP contribution >= 0.6 is 11.3 Å². The Morgan fingerprint density at radius 3 is 2.90 bits per heavy atom. The molecule has 0 unspecified atom stereocenters. The molecular formula is C21H25FN6OS. The van der Waals surface area contributed by atoms with Crippen molar-refractivity contribution in [2.24, 2.45) is 0 Å². The van der Waals surface area contributed by atoms with Crippen molar-refractivity contribution in [1.29, 1.82) is 0 Å². The topological polar surface area (TPSA) is 58.5 Å². The van der Waals surface area contributed by atoms with Gasteiger partial charge in [0.15, 0.2) is 22.5 Å². The number of fused-ring (bicyclic) bond motifs is 2. The third-order valence-electron chi connectivity index (χ3n) is 5.55. The lowest BCUT2D eigenvalue weighted by Crippen LogP contribution is -2.38. The highest BCUT2D eigenvalue weighted by atomic mass is 32.1. The van der Waals surface area contributed by atoms with Gasteiger partial charge in [-0.1, -0.05) is 11.3 Å². The second kappa shape index (κ2) is 7.55. The Kier molecular flexibility index (Phi) is 4.86. The van der Waals surface area contributed by atoms with Crippen LogP contribution in [0.5, 0.6) is 5.75 Å². The molecule has 0 aliphatic carbocycles. The number of nitrogens with one attached hydrogen (secondary N) is 1. The van der Waals surface area contributed by atoms with E-state index in [4.69, 9.17) is 4.74 Å². The molecule has 4 heterocycles. The Morgan fingerprint density at radius 1 is 1.20 bits per heavy atom. The zero-order valence-electron chi connectivity index (χ0n) is 17.4. The Bertz CT molecular complexity index is 1080. The van der Waals surface area contributed by atoms with Crippen LogP contribution in [0.25, 0.3) is 10.4 Å². The van der Waals surface area contributed by atoms with E-state index in [2.05, 4.69) is 52.2 Å². The van der Waals surface area contributed by atoms with Crippen LogP contribution in [0.1, 0.15) is 19.5 Å². The number of benzene rings is 1. The van der Waals surface area contributed by atoms with E-state index in [1.807, 2.05) is 10.7 Å². The Morgan fingerprint density at radius 2 is 2.07 bits per heavy atom. The van der Waals surface area contributed by atoms with Gasteiger partial charge in [-0.3, -0.25) is 9.58 Å². The number of halogens is 1. The first-order valence-electron chi connectivity index (χ1n) is 10.2. The van der Waals surface area contributed by atoms with Gasteiger partial charge in [0.05, 0.1) is 29.3 Å². The third-order valence-corrected chi connectivity index (χ3v) is 6.51. The fourth-order valence-electron chi connectivity index (χ4n) is 4.01. The van der Waals surface area contributed by atoms with Crippen LogP contribution in [0.15, 0.2) is 24.4 Å². The van der Waals surface area contributed by atoms with Crippen molar-refractivity contribution in [1.82, 2.24) is 19.7 Å². The zero-order chi connectivity index (χ0) is 20.8. The number of nitrogens with zero attached hydrogens (tertiary/aromatic N) is 5. The van der Waals surface area contributed by atoms with Crippen molar-refractivity contribution in [2.75, 3.05) is 37.0 Å². The Hall–Kier alpha value is -2.65. The van der Waals surface area contributed by atoms with Gasteiger partial charge in [0.2, 0.25) is 0 Å². The van der Waals surface area contributed by atoms with Crippen molar-refractivity contribution in [3.05, 3.63) is 35.9 Å². The minimum Gasteiger partial charge on any atom is -0.486 e. The number of hydrogen-bond acceptors (Lipinski definition) is 7. The largest absolute Gasteiger partial charge is 0.486 e. The molecule has 2 aromatic heterocycles. The van der Waals surface area contributed by atoms with Crippen molar-refractivity contribution >= 4 is 28.0 Å². The summed E-state index contributed by atoms with van der Waals surface area (Å²) in [4.78, 5) is 9.84. The van der Waals surface area contributed by atoms with Crippen LogP contribution in [0.4, 0.5) is 21.0 Å². The fraction of sp³-hybridized carbons (Fsp3) is 0.429. The Balaban J connectivity index is 1.41. The van der Waals surface area contributed by atoms with Gasteiger partial charge >= 0.3 is 0 Å². The summed E-state index contributed by atoms with van der Waals surface area (Å²) in [5.74, 6) is 0.800. The van der Waals surface area contributed by atoms with E-state index in [1.165, 1.54) is 23.1 Å². The van der Waals surface area contributed by atoms with Gasteiger partial charge in [-0.25, -0.2) is 9.37 Å². The van der Waals surface area contributed by atoms with E-state index in [0.717, 1.165) is 53.3 Å². The molecule has 0 spiro atoms. The molecule has 158 valence electrons. The van der Waals surface area contributed by atoms with E-state index < -0.39 is 0 Å². The van der Waals surface area contributed by atoms with Gasteiger partial charge in [-0.15, -0.1) is 0 Å². The molecule has 7 nitrogen and oxygen atoms in total. The molecule has 0 amide bonds. The molecule has 5 rings (SSSR count). The first kappa shape index (κ1) is 19.3. The summed E-state index contributed by atoms with van der Waals surface area (Å²) in [6.45, 7) is 8.24. The number of aromatic nitrogens is 3. The summed E-state index contributed by atoms with van der Waals surface area (Å²) in [5, 5.41) is 8.66. The Labute approximate surface area is 179 Å². The molecule has 0 radical (unpaired) electrons. The minimum atomic E-state index is -0.332. The molecule has 3 aromatic rings. The van der Waals surface area contributed by atoms with E-state index in [-0.39, 0.29) is 11.9 Å². The molecule has 0 saturated heterocycles. The van der Waals surface area contributed by atoms with Crippen LogP contribution < -0.4 is 15.0 Å². The average Bonchev–Trinajstić information content (AvgIpc) is 3.33. The highest BCUT2D eigenvalue weighted by Gasteiger charge is 2.25. The number of rotatable bonds is 4. The van der Waals surface area contributed by atoms with E-state index >= 15 is 0 Å². The first-order valence-corrected chi connectivity index (χ1v) is 11.0. The first-order chi connectivity index (χ1) is 14.5. The number of ether oxygens (including phenoxy) is 1. The van der Waals surface area contributed by atoms with E-state index in [9.17, 15) is 4.39 Å².